The smallest absolute Gasteiger partial charge is 0.434 e. The highest BCUT2D eigenvalue weighted by molar-refractivity contribution is 7.80. The van der Waals surface area contributed by atoms with Gasteiger partial charge in [-0.2, -0.15) is 18.3 Å². The fraction of sp³-hybridized carbons (Fsp3) is 0.211. The summed E-state index contributed by atoms with van der Waals surface area (Å²) in [6.45, 7) is 3.35. The molecule has 0 N–H and O–H groups in total. The number of aryl methyl sites for hydroxylation is 1. The van der Waals surface area contributed by atoms with E-state index in [0.717, 1.165) is 11.8 Å². The van der Waals surface area contributed by atoms with E-state index in [0.29, 0.717) is 20.8 Å². The molecule has 1 aromatic carbocycles. The highest BCUT2D eigenvalue weighted by Crippen LogP contribution is 2.34. The Hall–Kier alpha value is -2.81. The monoisotopic (exact) mass is 407 g/mol. The zero-order valence-corrected chi connectivity index (χ0v) is 15.9. The van der Waals surface area contributed by atoms with Crippen LogP contribution in [0.15, 0.2) is 47.5 Å². The van der Waals surface area contributed by atoms with E-state index in [2.05, 4.69) is 22.7 Å². The molecule has 0 saturated carbocycles. The van der Waals surface area contributed by atoms with Crippen LogP contribution in [0.5, 0.6) is 0 Å². The Morgan fingerprint density at radius 3 is 2.68 bits per heavy atom. The number of pyridine rings is 1. The number of nitrogens with zero attached hydrogens (tertiary/aromatic N) is 3. The Bertz CT molecular complexity index is 1030. The summed E-state index contributed by atoms with van der Waals surface area (Å²) < 4.78 is 46.3. The second kappa shape index (κ2) is 7.67. The Morgan fingerprint density at radius 2 is 2.00 bits per heavy atom. The third-order valence-electron chi connectivity index (χ3n) is 3.91. The lowest BCUT2D eigenvalue weighted by molar-refractivity contribution is -0.143. The number of ether oxygens (including phenoxy) is 1. The molecule has 0 fully saturated rings. The average Bonchev–Trinajstić information content (AvgIpc) is 3.10. The number of benzene rings is 1. The molecule has 28 heavy (non-hydrogen) atoms. The van der Waals surface area contributed by atoms with Gasteiger partial charge in [-0.15, -0.1) is 12.6 Å². The number of halogens is 3. The number of carbonyl (C=O) groups is 1. The van der Waals surface area contributed by atoms with Crippen LogP contribution in [0, 0.1) is 6.92 Å². The van der Waals surface area contributed by atoms with Crippen LogP contribution >= 0.6 is 12.6 Å². The summed E-state index contributed by atoms with van der Waals surface area (Å²) in [6.07, 6.45) is -3.99. The van der Waals surface area contributed by atoms with Gasteiger partial charge in [0.05, 0.1) is 18.5 Å². The van der Waals surface area contributed by atoms with Gasteiger partial charge < -0.3 is 4.74 Å². The maximum Gasteiger partial charge on any atom is 0.434 e. The third kappa shape index (κ3) is 3.89. The van der Waals surface area contributed by atoms with Crippen LogP contribution < -0.4 is 0 Å². The molecule has 0 aliphatic carbocycles. The number of alkyl halides is 3. The normalized spacial score (nSPS) is 11.5. The molecular formula is C19H16F3N3O2S. The molecule has 2 heterocycles. The van der Waals surface area contributed by atoms with Gasteiger partial charge in [0.15, 0.2) is 11.5 Å². The summed E-state index contributed by atoms with van der Waals surface area (Å²) in [7, 11) is 0. The van der Waals surface area contributed by atoms with Gasteiger partial charge in [0.1, 0.15) is 5.56 Å². The minimum atomic E-state index is -4.83. The molecule has 146 valence electrons. The zero-order valence-electron chi connectivity index (χ0n) is 15.0. The Kier molecular flexibility index (Phi) is 5.46. The first-order valence-electron chi connectivity index (χ1n) is 8.32. The van der Waals surface area contributed by atoms with Crippen molar-refractivity contribution in [1.82, 2.24) is 14.8 Å². The van der Waals surface area contributed by atoms with Crippen molar-refractivity contribution in [3.05, 3.63) is 59.4 Å². The van der Waals surface area contributed by atoms with Gasteiger partial charge in [-0.3, -0.25) is 0 Å². The topological polar surface area (TPSA) is 57.0 Å². The van der Waals surface area contributed by atoms with E-state index in [-0.39, 0.29) is 12.4 Å². The second-order valence-corrected chi connectivity index (χ2v) is 6.42. The van der Waals surface area contributed by atoms with Crippen LogP contribution in [-0.4, -0.2) is 27.3 Å². The molecule has 3 rings (SSSR count). The van der Waals surface area contributed by atoms with Crippen molar-refractivity contribution in [2.24, 2.45) is 0 Å². The van der Waals surface area contributed by atoms with E-state index < -0.39 is 23.4 Å². The molecule has 0 radical (unpaired) electrons. The van der Waals surface area contributed by atoms with Crippen LogP contribution in [-0.2, 0) is 10.9 Å². The number of hydrogen-bond acceptors (Lipinski definition) is 5. The van der Waals surface area contributed by atoms with Crippen LogP contribution in [0.2, 0.25) is 0 Å². The lowest BCUT2D eigenvalue weighted by Gasteiger charge is -2.13. The van der Waals surface area contributed by atoms with Crippen molar-refractivity contribution in [2.75, 3.05) is 6.61 Å². The van der Waals surface area contributed by atoms with Gasteiger partial charge in [0.2, 0.25) is 0 Å². The maximum atomic E-state index is 13.7. The van der Waals surface area contributed by atoms with Crippen LogP contribution in [0.3, 0.4) is 0 Å². The summed E-state index contributed by atoms with van der Waals surface area (Å²) in [6, 6.07) is 10.1. The number of hydrogen-bond donors (Lipinski definition) is 1. The first-order valence-corrected chi connectivity index (χ1v) is 8.77. The van der Waals surface area contributed by atoms with Crippen molar-refractivity contribution < 1.29 is 22.7 Å². The van der Waals surface area contributed by atoms with Crippen LogP contribution in [0.25, 0.3) is 17.1 Å². The fourth-order valence-electron chi connectivity index (χ4n) is 2.70. The SMILES string of the molecule is CCOC(=O)c1cnn(-c2cccc(-c3cc(C)ccc3S)n2)c1C(F)(F)F. The zero-order chi connectivity index (χ0) is 20.5. The molecule has 0 aliphatic rings. The molecule has 0 amide bonds. The molecule has 5 nitrogen and oxygen atoms in total. The molecular weight excluding hydrogens is 391 g/mol. The number of carbonyl (C=O) groups excluding carboxylic acids is 1. The van der Waals surface area contributed by atoms with Crippen molar-refractivity contribution >= 4 is 18.6 Å². The largest absolute Gasteiger partial charge is 0.462 e. The Morgan fingerprint density at radius 1 is 1.25 bits per heavy atom. The lowest BCUT2D eigenvalue weighted by atomic mass is 10.1. The van der Waals surface area contributed by atoms with E-state index in [1.54, 1.807) is 18.2 Å². The van der Waals surface area contributed by atoms with E-state index >= 15 is 0 Å². The first-order chi connectivity index (χ1) is 13.2. The fourth-order valence-corrected chi connectivity index (χ4v) is 2.95. The van der Waals surface area contributed by atoms with Crippen molar-refractivity contribution in [2.45, 2.75) is 24.9 Å². The molecule has 2 aromatic heterocycles. The molecule has 0 bridgehead atoms. The highest BCUT2D eigenvalue weighted by atomic mass is 32.1. The minimum absolute atomic E-state index is 0.0485. The molecule has 0 aliphatic heterocycles. The van der Waals surface area contributed by atoms with E-state index in [4.69, 9.17) is 4.74 Å². The summed E-state index contributed by atoms with van der Waals surface area (Å²) in [4.78, 5) is 16.9. The molecule has 0 spiro atoms. The summed E-state index contributed by atoms with van der Waals surface area (Å²) in [5.41, 5.74) is 0.182. The molecule has 0 atom stereocenters. The predicted octanol–water partition coefficient (Wildman–Crippen LogP) is 4.73. The van der Waals surface area contributed by atoms with Gasteiger partial charge in [-0.05, 0) is 38.1 Å². The van der Waals surface area contributed by atoms with E-state index in [1.807, 2.05) is 19.1 Å². The maximum absolute atomic E-state index is 13.7. The molecule has 9 heteroatoms. The van der Waals surface area contributed by atoms with Crippen LogP contribution in [0.4, 0.5) is 13.2 Å². The number of thiol groups is 1. The standard InChI is InChI=1S/C19H16F3N3O2S/c1-3-27-18(26)13-10-23-25(17(13)19(20,21)22)16-6-4-5-14(24-16)12-9-11(2)7-8-15(12)28/h4-10,28H,3H2,1-2H3. The molecule has 0 saturated heterocycles. The van der Waals surface area contributed by atoms with Gasteiger partial charge >= 0.3 is 12.1 Å². The quantitative estimate of drug-likeness (QED) is 0.502. The van der Waals surface area contributed by atoms with E-state index in [9.17, 15) is 18.0 Å². The lowest BCUT2D eigenvalue weighted by Crippen LogP contribution is -2.19. The third-order valence-corrected chi connectivity index (χ3v) is 4.30. The van der Waals surface area contributed by atoms with Gasteiger partial charge in [0, 0.05) is 10.5 Å². The number of aromatic nitrogens is 3. The summed E-state index contributed by atoms with van der Waals surface area (Å²) in [5.74, 6) is -1.16. The van der Waals surface area contributed by atoms with E-state index in [1.165, 1.54) is 13.0 Å². The number of esters is 1. The minimum Gasteiger partial charge on any atom is -0.462 e. The average molecular weight is 407 g/mol. The highest BCUT2D eigenvalue weighted by Gasteiger charge is 2.41. The van der Waals surface area contributed by atoms with Gasteiger partial charge in [-0.1, -0.05) is 17.7 Å². The summed E-state index contributed by atoms with van der Waals surface area (Å²) in [5, 5.41) is 3.75. The van der Waals surface area contributed by atoms with Gasteiger partial charge in [-0.25, -0.2) is 14.5 Å². The first kappa shape index (κ1) is 19.9. The van der Waals surface area contributed by atoms with Crippen molar-refractivity contribution in [1.29, 1.82) is 0 Å². The molecule has 3 aromatic rings. The predicted molar refractivity (Wildman–Crippen MR) is 99.7 cm³/mol. The summed E-state index contributed by atoms with van der Waals surface area (Å²) >= 11 is 4.40. The molecule has 0 unspecified atom stereocenters. The van der Waals surface area contributed by atoms with Crippen molar-refractivity contribution in [3.8, 4) is 17.1 Å². The second-order valence-electron chi connectivity index (χ2n) is 5.94. The number of rotatable bonds is 4. The van der Waals surface area contributed by atoms with Crippen molar-refractivity contribution in [3.63, 3.8) is 0 Å². The van der Waals surface area contributed by atoms with Gasteiger partial charge in [0.25, 0.3) is 0 Å². The Labute approximate surface area is 164 Å². The van der Waals surface area contributed by atoms with Crippen LogP contribution in [0.1, 0.15) is 28.5 Å². The Balaban J connectivity index is 2.15.